The summed E-state index contributed by atoms with van der Waals surface area (Å²) in [7, 11) is 0. The van der Waals surface area contributed by atoms with E-state index in [-0.39, 0.29) is 12.7 Å². The van der Waals surface area contributed by atoms with Gasteiger partial charge in [0.05, 0.1) is 11.1 Å². The van der Waals surface area contributed by atoms with Crippen LogP contribution in [0.1, 0.15) is 95.6 Å². The third-order valence-corrected chi connectivity index (χ3v) is 7.46. The molecule has 0 bridgehead atoms. The smallest absolute Gasteiger partial charge is 0.289 e. The lowest BCUT2D eigenvalue weighted by atomic mass is 9.90. The van der Waals surface area contributed by atoms with E-state index in [0.29, 0.717) is 24.0 Å². The Morgan fingerprint density at radius 2 is 0.800 bits per heavy atom. The molecule has 0 spiro atoms. The second-order valence-corrected chi connectivity index (χ2v) is 9.24. The molecule has 0 aliphatic carbocycles. The van der Waals surface area contributed by atoms with Crippen molar-refractivity contribution in [2.45, 2.75) is 88.5 Å². The van der Waals surface area contributed by atoms with E-state index in [1.54, 1.807) is 0 Å². The molecule has 0 saturated heterocycles. The van der Waals surface area contributed by atoms with Crippen LogP contribution in [0.4, 0.5) is 0 Å². The number of unbranched alkanes of at least 4 members (excludes halogenated alkanes) is 1. The van der Waals surface area contributed by atoms with Crippen LogP contribution in [0.3, 0.4) is 0 Å². The van der Waals surface area contributed by atoms with Gasteiger partial charge < -0.3 is 0 Å². The average Bonchev–Trinajstić information content (AvgIpc) is 2.83. The van der Waals surface area contributed by atoms with Crippen molar-refractivity contribution in [2.24, 2.45) is 0 Å². The number of hydrogen-bond donors (Lipinski definition) is 0. The number of benzene rings is 2. The topological polar surface area (TPSA) is 71.1 Å². The van der Waals surface area contributed by atoms with Crippen LogP contribution in [-0.4, -0.2) is 11.9 Å². The summed E-state index contributed by atoms with van der Waals surface area (Å²) in [5.41, 5.74) is 10.6. The standard InChI is InChI=1S/C29H38O6/c1-12-13-14-25(32-34-28(30)26-21(8)17(4)15(2)18(5)22(26)9)33-35-29(31)27-23(10)19(6)16(3)20(7)24(27)11/h1,12-14H2,2-11H3. The normalized spacial score (nSPS) is 11.2. The summed E-state index contributed by atoms with van der Waals surface area (Å²) in [5.74, 6) is -1.27. The summed E-state index contributed by atoms with van der Waals surface area (Å²) in [4.78, 5) is 46.5. The van der Waals surface area contributed by atoms with Crippen molar-refractivity contribution < 1.29 is 29.1 Å². The fraction of sp³-hybridized carbons (Fsp3) is 0.448. The molecule has 190 valence electrons. The Morgan fingerprint density at radius 1 is 0.514 bits per heavy atom. The fourth-order valence-electron chi connectivity index (χ4n) is 4.23. The number of hydrogen-bond acceptors (Lipinski definition) is 6. The Hall–Kier alpha value is -2.70. The third kappa shape index (κ3) is 5.93. The van der Waals surface area contributed by atoms with Crippen molar-refractivity contribution >= 4 is 11.9 Å². The molecule has 6 nitrogen and oxygen atoms in total. The summed E-state index contributed by atoms with van der Waals surface area (Å²) in [6.07, 6.45) is 1.31. The van der Waals surface area contributed by atoms with Gasteiger partial charge in [-0.2, -0.15) is 0 Å². The van der Waals surface area contributed by atoms with Crippen molar-refractivity contribution in [1.29, 1.82) is 0 Å². The zero-order chi connectivity index (χ0) is 26.6. The Morgan fingerprint density at radius 3 is 1.09 bits per heavy atom. The van der Waals surface area contributed by atoms with Crippen LogP contribution in [0.2, 0.25) is 0 Å². The van der Waals surface area contributed by atoms with Crippen LogP contribution < -0.4 is 0 Å². The van der Waals surface area contributed by atoms with Crippen molar-refractivity contribution in [1.82, 2.24) is 0 Å². The summed E-state index contributed by atoms with van der Waals surface area (Å²) in [5, 5.41) is 0. The first-order chi connectivity index (χ1) is 16.3. The van der Waals surface area contributed by atoms with Crippen LogP contribution in [0.15, 0.2) is 0 Å². The SMILES string of the molecule is [CH2]CCC[C](OOC(=O)c1c(C)c(C)c(C)c(C)c1C)OOC(=O)c1c(C)c(C)c(C)c(C)c1C. The highest BCUT2D eigenvalue weighted by Gasteiger charge is 2.26. The number of carbonyl (C=O) groups excluding carboxylic acids is 2. The van der Waals surface area contributed by atoms with Crippen molar-refractivity contribution in [3.8, 4) is 0 Å². The maximum absolute atomic E-state index is 12.9. The molecule has 2 aromatic carbocycles. The minimum atomic E-state index is -0.635. The van der Waals surface area contributed by atoms with Gasteiger partial charge in [0.1, 0.15) is 0 Å². The van der Waals surface area contributed by atoms with Crippen LogP contribution in [-0.2, 0) is 19.6 Å². The molecule has 35 heavy (non-hydrogen) atoms. The Kier molecular flexibility index (Phi) is 9.64. The molecule has 0 unspecified atom stereocenters. The van der Waals surface area contributed by atoms with Crippen LogP contribution in [0, 0.1) is 82.5 Å². The summed E-state index contributed by atoms with van der Waals surface area (Å²) in [6, 6.07) is 0. The fourth-order valence-corrected chi connectivity index (χ4v) is 4.23. The number of carbonyl (C=O) groups is 2. The predicted octanol–water partition coefficient (Wildman–Crippen LogP) is 7.14. The van der Waals surface area contributed by atoms with Crippen molar-refractivity contribution in [3.05, 3.63) is 80.0 Å². The quantitative estimate of drug-likeness (QED) is 0.279. The Balaban J connectivity index is 2.18. The summed E-state index contributed by atoms with van der Waals surface area (Å²) >= 11 is 0. The molecule has 0 N–H and O–H groups in total. The first-order valence-electron chi connectivity index (χ1n) is 11.9. The van der Waals surface area contributed by atoms with Gasteiger partial charge in [-0.1, -0.05) is 13.3 Å². The maximum Gasteiger partial charge on any atom is 0.373 e. The number of rotatable bonds is 9. The molecule has 0 heterocycles. The van der Waals surface area contributed by atoms with E-state index in [4.69, 9.17) is 19.6 Å². The summed E-state index contributed by atoms with van der Waals surface area (Å²) in [6.45, 7) is 23.3. The summed E-state index contributed by atoms with van der Waals surface area (Å²) < 4.78 is 0. The minimum Gasteiger partial charge on any atom is -0.289 e. The molecule has 2 radical (unpaired) electrons. The molecule has 0 saturated carbocycles. The van der Waals surface area contributed by atoms with Gasteiger partial charge in [-0.25, -0.2) is 9.59 Å². The molecule has 0 aliphatic heterocycles. The van der Waals surface area contributed by atoms with Gasteiger partial charge in [0.2, 0.25) is 0 Å². The minimum absolute atomic E-state index is 0.123. The largest absolute Gasteiger partial charge is 0.373 e. The second-order valence-electron chi connectivity index (χ2n) is 9.24. The predicted molar refractivity (Wildman–Crippen MR) is 136 cm³/mol. The van der Waals surface area contributed by atoms with Gasteiger partial charge in [-0.15, -0.1) is 9.78 Å². The molecule has 0 amide bonds. The molecule has 0 aliphatic rings. The van der Waals surface area contributed by atoms with Crippen molar-refractivity contribution in [3.63, 3.8) is 0 Å². The van der Waals surface area contributed by atoms with Gasteiger partial charge in [-0.05, 0) is 131 Å². The van der Waals surface area contributed by atoms with E-state index in [0.717, 1.165) is 55.6 Å². The molecule has 2 rings (SSSR count). The van der Waals surface area contributed by atoms with Gasteiger partial charge in [-0.3, -0.25) is 9.78 Å². The van der Waals surface area contributed by atoms with Crippen LogP contribution in [0.25, 0.3) is 0 Å². The maximum atomic E-state index is 12.9. The van der Waals surface area contributed by atoms with E-state index in [2.05, 4.69) is 6.92 Å². The molecule has 6 heteroatoms. The molecule has 0 aromatic heterocycles. The molecule has 0 fully saturated rings. The molecule has 0 atom stereocenters. The lowest BCUT2D eigenvalue weighted by molar-refractivity contribution is -0.363. The van der Waals surface area contributed by atoms with Gasteiger partial charge in [0.15, 0.2) is 0 Å². The highest BCUT2D eigenvalue weighted by atomic mass is 17.3. The Bertz CT molecular complexity index is 985. The van der Waals surface area contributed by atoms with Crippen LogP contribution in [0.5, 0.6) is 0 Å². The first-order valence-corrected chi connectivity index (χ1v) is 11.9. The highest BCUT2D eigenvalue weighted by Crippen LogP contribution is 2.29. The lowest BCUT2D eigenvalue weighted by Gasteiger charge is -2.19. The average molecular weight is 483 g/mol. The van der Waals surface area contributed by atoms with E-state index in [9.17, 15) is 9.59 Å². The van der Waals surface area contributed by atoms with E-state index in [1.165, 1.54) is 0 Å². The zero-order valence-electron chi connectivity index (χ0n) is 22.8. The third-order valence-electron chi connectivity index (χ3n) is 7.46. The van der Waals surface area contributed by atoms with E-state index in [1.807, 2.05) is 69.2 Å². The van der Waals surface area contributed by atoms with Gasteiger partial charge >= 0.3 is 18.2 Å². The molecule has 2 aromatic rings. The zero-order valence-corrected chi connectivity index (χ0v) is 22.8. The highest BCUT2D eigenvalue weighted by molar-refractivity contribution is 5.94. The molecular formula is C29H38O6. The first kappa shape index (κ1) is 28.5. The van der Waals surface area contributed by atoms with Gasteiger partial charge in [0.25, 0.3) is 0 Å². The van der Waals surface area contributed by atoms with Crippen LogP contribution >= 0.6 is 0 Å². The van der Waals surface area contributed by atoms with Crippen molar-refractivity contribution in [2.75, 3.05) is 0 Å². The second kappa shape index (κ2) is 11.8. The Labute approximate surface area is 209 Å². The lowest BCUT2D eigenvalue weighted by Crippen LogP contribution is -2.19. The molecular weight excluding hydrogens is 444 g/mol. The van der Waals surface area contributed by atoms with E-state index >= 15 is 0 Å². The van der Waals surface area contributed by atoms with E-state index < -0.39 is 11.9 Å². The van der Waals surface area contributed by atoms with Gasteiger partial charge in [0, 0.05) is 6.42 Å². The monoisotopic (exact) mass is 482 g/mol.